The first kappa shape index (κ1) is 25.9. The molecule has 0 unspecified atom stereocenters. The van der Waals surface area contributed by atoms with E-state index in [1.165, 1.54) is 18.2 Å². The normalized spacial score (nSPS) is 16.1. The highest BCUT2D eigenvalue weighted by Gasteiger charge is 2.30. The van der Waals surface area contributed by atoms with Crippen LogP contribution in [-0.4, -0.2) is 44.9 Å². The number of nitrogens with zero attached hydrogens (tertiary/aromatic N) is 1. The van der Waals surface area contributed by atoms with Crippen LogP contribution in [0, 0.1) is 0 Å². The SMILES string of the molecule is O=C(CCNS(=O)(=O)C=Cc1ccccc1)NC1CCN(Cc2cccc(C(F)(F)F)c2)CC1. The maximum absolute atomic E-state index is 12.9. The quantitative estimate of drug-likeness (QED) is 0.555. The molecule has 1 fully saturated rings. The molecule has 2 N–H and O–H groups in total. The molecule has 10 heteroatoms. The minimum absolute atomic E-state index is 0.0122. The lowest BCUT2D eigenvalue weighted by atomic mass is 10.0. The number of hydrogen-bond donors (Lipinski definition) is 2. The number of piperidine rings is 1. The summed E-state index contributed by atoms with van der Waals surface area (Å²) in [4.78, 5) is 14.3. The number of hydrogen-bond acceptors (Lipinski definition) is 4. The lowest BCUT2D eigenvalue weighted by molar-refractivity contribution is -0.137. The van der Waals surface area contributed by atoms with Crippen LogP contribution in [0.5, 0.6) is 0 Å². The lowest BCUT2D eigenvalue weighted by Crippen LogP contribution is -2.44. The van der Waals surface area contributed by atoms with Crippen LogP contribution in [0.4, 0.5) is 13.2 Å². The van der Waals surface area contributed by atoms with Gasteiger partial charge in [0.1, 0.15) is 0 Å². The Balaban J connectivity index is 1.36. The van der Waals surface area contributed by atoms with E-state index in [0.717, 1.165) is 17.0 Å². The van der Waals surface area contributed by atoms with E-state index in [1.54, 1.807) is 30.3 Å². The zero-order chi connectivity index (χ0) is 24.6. The van der Waals surface area contributed by atoms with Crippen molar-refractivity contribution in [2.75, 3.05) is 19.6 Å². The molecule has 0 aliphatic carbocycles. The molecule has 0 aromatic heterocycles. The zero-order valence-electron chi connectivity index (χ0n) is 18.6. The molecule has 34 heavy (non-hydrogen) atoms. The van der Waals surface area contributed by atoms with E-state index in [2.05, 4.69) is 14.9 Å². The molecule has 1 aliphatic rings. The summed E-state index contributed by atoms with van der Waals surface area (Å²) in [5.41, 5.74) is 0.703. The number of carbonyl (C=O) groups is 1. The minimum atomic E-state index is -4.36. The van der Waals surface area contributed by atoms with Gasteiger partial charge in [0.05, 0.1) is 5.56 Å². The van der Waals surface area contributed by atoms with Gasteiger partial charge in [0, 0.05) is 44.0 Å². The third-order valence-corrected chi connectivity index (χ3v) is 6.61. The van der Waals surface area contributed by atoms with Gasteiger partial charge in [-0.3, -0.25) is 9.69 Å². The molecule has 2 aromatic rings. The van der Waals surface area contributed by atoms with Gasteiger partial charge in [-0.15, -0.1) is 0 Å². The first-order chi connectivity index (χ1) is 16.1. The Hall–Kier alpha value is -2.69. The maximum atomic E-state index is 12.9. The molecule has 1 heterocycles. The van der Waals surface area contributed by atoms with Crippen LogP contribution in [-0.2, 0) is 27.5 Å². The van der Waals surface area contributed by atoms with Crippen LogP contribution in [0.1, 0.15) is 36.0 Å². The molecule has 0 bridgehead atoms. The molecule has 0 radical (unpaired) electrons. The Labute approximate surface area is 197 Å². The number of amides is 1. The van der Waals surface area contributed by atoms with E-state index in [1.807, 2.05) is 6.07 Å². The molecule has 0 spiro atoms. The number of carbonyl (C=O) groups excluding carboxylic acids is 1. The fourth-order valence-corrected chi connectivity index (χ4v) is 4.55. The highest BCUT2D eigenvalue weighted by atomic mass is 32.2. The van der Waals surface area contributed by atoms with Gasteiger partial charge >= 0.3 is 6.18 Å². The van der Waals surface area contributed by atoms with E-state index >= 15 is 0 Å². The van der Waals surface area contributed by atoms with Gasteiger partial charge in [-0.05, 0) is 36.1 Å². The van der Waals surface area contributed by atoms with Crippen molar-refractivity contribution in [1.29, 1.82) is 0 Å². The third kappa shape index (κ3) is 8.58. The van der Waals surface area contributed by atoms with Crippen LogP contribution in [0.25, 0.3) is 6.08 Å². The van der Waals surface area contributed by atoms with Gasteiger partial charge < -0.3 is 5.32 Å². The Morgan fingerprint density at radius 3 is 2.44 bits per heavy atom. The molecule has 0 atom stereocenters. The van der Waals surface area contributed by atoms with Crippen molar-refractivity contribution in [3.8, 4) is 0 Å². The second-order valence-electron chi connectivity index (χ2n) is 8.22. The first-order valence-electron chi connectivity index (χ1n) is 11.0. The summed E-state index contributed by atoms with van der Waals surface area (Å²) < 4.78 is 65.1. The second-order valence-corrected chi connectivity index (χ2v) is 9.87. The van der Waals surface area contributed by atoms with Crippen LogP contribution in [0.15, 0.2) is 60.0 Å². The second kappa shape index (κ2) is 11.6. The first-order valence-corrected chi connectivity index (χ1v) is 12.6. The number of sulfonamides is 1. The van der Waals surface area contributed by atoms with Crippen LogP contribution >= 0.6 is 0 Å². The number of benzene rings is 2. The molecule has 1 aliphatic heterocycles. The van der Waals surface area contributed by atoms with Crippen LogP contribution in [0.3, 0.4) is 0 Å². The van der Waals surface area contributed by atoms with E-state index < -0.39 is 21.8 Å². The van der Waals surface area contributed by atoms with Crippen molar-refractivity contribution in [1.82, 2.24) is 14.9 Å². The van der Waals surface area contributed by atoms with Gasteiger partial charge in [-0.25, -0.2) is 13.1 Å². The van der Waals surface area contributed by atoms with E-state index in [0.29, 0.717) is 38.0 Å². The average Bonchev–Trinajstić information content (AvgIpc) is 2.79. The number of halogens is 3. The predicted octanol–water partition coefficient (Wildman–Crippen LogP) is 3.77. The van der Waals surface area contributed by atoms with E-state index in [-0.39, 0.29) is 24.9 Å². The summed E-state index contributed by atoms with van der Waals surface area (Å²) in [7, 11) is -3.65. The van der Waals surface area contributed by atoms with Crippen molar-refractivity contribution in [3.63, 3.8) is 0 Å². The third-order valence-electron chi connectivity index (χ3n) is 5.51. The minimum Gasteiger partial charge on any atom is -0.353 e. The summed E-state index contributed by atoms with van der Waals surface area (Å²) in [5.74, 6) is -0.244. The Kier molecular flexibility index (Phi) is 8.87. The smallest absolute Gasteiger partial charge is 0.353 e. The van der Waals surface area contributed by atoms with Crippen molar-refractivity contribution in [2.45, 2.75) is 38.0 Å². The Bertz CT molecular complexity index is 1080. The van der Waals surface area contributed by atoms with Crippen molar-refractivity contribution in [2.24, 2.45) is 0 Å². The topological polar surface area (TPSA) is 78.5 Å². The molecular weight excluding hydrogens is 467 g/mol. The fourth-order valence-electron chi connectivity index (χ4n) is 3.73. The summed E-state index contributed by atoms with van der Waals surface area (Å²) in [6, 6.07) is 14.3. The summed E-state index contributed by atoms with van der Waals surface area (Å²) in [6.45, 7) is 1.71. The predicted molar refractivity (Wildman–Crippen MR) is 125 cm³/mol. The van der Waals surface area contributed by atoms with Gasteiger partial charge in [0.2, 0.25) is 15.9 Å². The van der Waals surface area contributed by atoms with Gasteiger partial charge in [-0.2, -0.15) is 13.2 Å². The molecule has 1 amide bonds. The largest absolute Gasteiger partial charge is 0.416 e. The number of nitrogens with one attached hydrogen (secondary N) is 2. The number of rotatable bonds is 9. The summed E-state index contributed by atoms with van der Waals surface area (Å²) in [5, 5.41) is 3.98. The fraction of sp³-hybridized carbons (Fsp3) is 0.375. The Morgan fingerprint density at radius 1 is 1.06 bits per heavy atom. The van der Waals surface area contributed by atoms with E-state index in [4.69, 9.17) is 0 Å². The van der Waals surface area contributed by atoms with Crippen LogP contribution in [0.2, 0.25) is 0 Å². The van der Waals surface area contributed by atoms with Crippen LogP contribution < -0.4 is 10.0 Å². The van der Waals surface area contributed by atoms with Crippen molar-refractivity contribution < 1.29 is 26.4 Å². The van der Waals surface area contributed by atoms with Gasteiger partial charge in [0.15, 0.2) is 0 Å². The lowest BCUT2D eigenvalue weighted by Gasteiger charge is -2.32. The zero-order valence-corrected chi connectivity index (χ0v) is 19.4. The van der Waals surface area contributed by atoms with Gasteiger partial charge in [-0.1, -0.05) is 48.5 Å². The maximum Gasteiger partial charge on any atom is 0.416 e. The standard InChI is InChI=1S/C24H28F3N3O3S/c25-24(26,27)21-8-4-7-20(17-21)18-30-14-10-22(11-15-30)29-23(31)9-13-28-34(32,33)16-12-19-5-2-1-3-6-19/h1-8,12,16-17,22,28H,9-11,13-15,18H2,(H,29,31). The highest BCUT2D eigenvalue weighted by molar-refractivity contribution is 7.92. The molecule has 1 saturated heterocycles. The van der Waals surface area contributed by atoms with Crippen molar-refractivity contribution in [3.05, 3.63) is 76.7 Å². The summed E-state index contributed by atoms with van der Waals surface area (Å²) in [6.07, 6.45) is -1.51. The van der Waals surface area contributed by atoms with Crippen molar-refractivity contribution >= 4 is 22.0 Å². The number of likely N-dealkylation sites (tertiary alicyclic amines) is 1. The monoisotopic (exact) mass is 495 g/mol. The molecular formula is C24H28F3N3O3S. The molecule has 184 valence electrons. The number of alkyl halides is 3. The van der Waals surface area contributed by atoms with Gasteiger partial charge in [0.25, 0.3) is 0 Å². The molecule has 6 nitrogen and oxygen atoms in total. The molecule has 0 saturated carbocycles. The van der Waals surface area contributed by atoms with E-state index in [9.17, 15) is 26.4 Å². The highest BCUT2D eigenvalue weighted by Crippen LogP contribution is 2.30. The Morgan fingerprint density at radius 2 is 1.76 bits per heavy atom. The molecule has 2 aromatic carbocycles. The average molecular weight is 496 g/mol. The molecule has 3 rings (SSSR count). The summed E-state index contributed by atoms with van der Waals surface area (Å²) >= 11 is 0.